The third-order valence-electron chi connectivity index (χ3n) is 7.79. The fourth-order valence-corrected chi connectivity index (χ4v) is 21.0. The van der Waals surface area contributed by atoms with E-state index in [4.69, 9.17) is 0 Å². The van der Waals surface area contributed by atoms with Gasteiger partial charge in [-0.2, -0.15) is 0 Å². The van der Waals surface area contributed by atoms with Gasteiger partial charge in [-0.15, -0.1) is 24.8 Å². The van der Waals surface area contributed by atoms with Gasteiger partial charge in [0.2, 0.25) is 0 Å². The fourth-order valence-electron chi connectivity index (χ4n) is 6.01. The molecular formula is C30H30Cl2N2SiZr. The quantitative estimate of drug-likeness (QED) is 0.221. The summed E-state index contributed by atoms with van der Waals surface area (Å²) in [6.45, 7) is 2.36. The van der Waals surface area contributed by atoms with Crippen LogP contribution in [-0.2, 0) is 17.4 Å². The van der Waals surface area contributed by atoms with Gasteiger partial charge in [-0.3, -0.25) is 0 Å². The first-order valence-electron chi connectivity index (χ1n) is 11.9. The molecule has 36 heavy (non-hydrogen) atoms. The molecule has 0 bridgehead atoms. The summed E-state index contributed by atoms with van der Waals surface area (Å²) in [5, 5.41) is 0. The Morgan fingerprint density at radius 2 is 1.06 bits per heavy atom. The van der Waals surface area contributed by atoms with Crippen LogP contribution in [0.15, 0.2) is 97.3 Å². The first-order chi connectivity index (χ1) is 16.4. The van der Waals surface area contributed by atoms with E-state index in [0.29, 0.717) is 7.25 Å². The van der Waals surface area contributed by atoms with Crippen molar-refractivity contribution >= 4 is 43.8 Å². The van der Waals surface area contributed by atoms with Gasteiger partial charge in [0.15, 0.2) is 0 Å². The molecule has 2 aromatic heterocycles. The van der Waals surface area contributed by atoms with Gasteiger partial charge >= 0.3 is 205 Å². The van der Waals surface area contributed by atoms with Gasteiger partial charge < -0.3 is 0 Å². The van der Waals surface area contributed by atoms with Gasteiger partial charge in [-0.1, -0.05) is 0 Å². The standard InChI is InChI=1S/2C14H10N.2CH3.2ClH.H2Si.Zr/c2*1-2-10-15-14(9-1)13-8-4-6-11-5-3-7-12(11)13;;;;;;/h2*1-10H;2*1H3;2*1H;1H2;. The monoisotopic (exact) mass is 606 g/mol. The number of benzene rings is 2. The first-order valence-corrected chi connectivity index (χ1v) is 25.6. The molecule has 0 amide bonds. The predicted molar refractivity (Wildman–Crippen MR) is 158 cm³/mol. The van der Waals surface area contributed by atoms with Crippen molar-refractivity contribution in [2.45, 2.75) is 16.5 Å². The summed E-state index contributed by atoms with van der Waals surface area (Å²) in [5.41, 5.74) is 10.3. The number of fused-ring (bicyclic) bond motifs is 2. The van der Waals surface area contributed by atoms with E-state index in [-0.39, 0.29) is 24.8 Å². The van der Waals surface area contributed by atoms with Gasteiger partial charge in [-0.05, 0) is 0 Å². The Hall–Kier alpha value is -2.10. The first kappa shape index (κ1) is 26.9. The van der Waals surface area contributed by atoms with Gasteiger partial charge in [0.05, 0.1) is 0 Å². The summed E-state index contributed by atoms with van der Waals surface area (Å²) in [4.78, 5) is 9.29. The summed E-state index contributed by atoms with van der Waals surface area (Å²) in [6.07, 6.45) is 13.5. The second-order valence-corrected chi connectivity index (χ2v) is 41.3. The second-order valence-electron chi connectivity index (χ2n) is 10.7. The van der Waals surface area contributed by atoms with E-state index in [1.165, 1.54) is 33.4 Å². The molecule has 0 saturated heterocycles. The molecule has 0 N–H and O–H groups in total. The topological polar surface area (TPSA) is 25.8 Å². The number of aromatic nitrogens is 2. The third kappa shape index (κ3) is 4.33. The zero-order chi connectivity index (χ0) is 23.4. The van der Waals surface area contributed by atoms with Crippen molar-refractivity contribution in [1.82, 2.24) is 9.97 Å². The Bertz CT molecular complexity index is 1430. The zero-order valence-electron chi connectivity index (χ0n) is 20.5. The molecule has 2 atom stereocenters. The normalized spacial score (nSPS) is 17.6. The number of rotatable bonds is 4. The Kier molecular flexibility index (Phi) is 7.48. The van der Waals surface area contributed by atoms with Crippen molar-refractivity contribution in [2.75, 3.05) is 0 Å². The van der Waals surface area contributed by atoms with Crippen LogP contribution in [0.2, 0.25) is 9.26 Å². The summed E-state index contributed by atoms with van der Waals surface area (Å²) in [5.74, 6) is 0. The van der Waals surface area contributed by atoms with Crippen molar-refractivity contribution in [2.24, 2.45) is 0 Å². The summed E-state index contributed by atoms with van der Waals surface area (Å²) >= 11 is -3.39. The number of halogens is 2. The average Bonchev–Trinajstić information content (AvgIpc) is 3.51. The Morgan fingerprint density at radius 1 is 0.611 bits per heavy atom. The minimum absolute atomic E-state index is 0. The van der Waals surface area contributed by atoms with Crippen LogP contribution in [0.5, 0.6) is 0 Å². The molecule has 0 radical (unpaired) electrons. The van der Waals surface area contributed by atoms with Crippen LogP contribution in [-0.4, -0.2) is 16.8 Å². The van der Waals surface area contributed by atoms with Crippen LogP contribution in [0.3, 0.4) is 0 Å². The predicted octanol–water partition coefficient (Wildman–Crippen LogP) is 7.82. The van der Waals surface area contributed by atoms with Gasteiger partial charge in [-0.25, -0.2) is 0 Å². The molecule has 2 unspecified atom stereocenters. The van der Waals surface area contributed by atoms with Crippen molar-refractivity contribution in [3.8, 4) is 22.5 Å². The number of allylic oxidation sites excluding steroid dienone is 2. The zero-order valence-corrected chi connectivity index (χ0v) is 26.0. The van der Waals surface area contributed by atoms with E-state index < -0.39 is 17.4 Å². The van der Waals surface area contributed by atoms with E-state index in [0.717, 1.165) is 11.4 Å². The average molecular weight is 609 g/mol. The Balaban J connectivity index is 0.00000152. The fraction of sp³-hybridized carbons (Fsp3) is 0.133. The number of hydrogen-bond donors (Lipinski definition) is 0. The van der Waals surface area contributed by atoms with E-state index in [1.807, 2.05) is 24.5 Å². The van der Waals surface area contributed by atoms with Gasteiger partial charge in [0.25, 0.3) is 0 Å². The van der Waals surface area contributed by atoms with E-state index in [1.54, 1.807) is 0 Å². The van der Waals surface area contributed by atoms with Crippen LogP contribution < -0.4 is 0 Å². The van der Waals surface area contributed by atoms with Crippen LogP contribution in [0, 0.1) is 0 Å². The van der Waals surface area contributed by atoms with E-state index in [2.05, 4.69) is 111 Å². The molecule has 2 nitrogen and oxygen atoms in total. The molecule has 182 valence electrons. The molecule has 6 rings (SSSR count). The molecule has 2 aliphatic carbocycles. The molecule has 2 heterocycles. The maximum absolute atomic E-state index is 4.64. The molecule has 2 aromatic carbocycles. The molecular weight excluding hydrogens is 579 g/mol. The van der Waals surface area contributed by atoms with Crippen molar-refractivity contribution in [3.63, 3.8) is 0 Å². The number of nitrogens with zero attached hydrogens (tertiary/aromatic N) is 2. The Morgan fingerprint density at radius 3 is 1.44 bits per heavy atom. The molecule has 2 aliphatic rings. The van der Waals surface area contributed by atoms with Crippen LogP contribution in [0.4, 0.5) is 0 Å². The van der Waals surface area contributed by atoms with Crippen LogP contribution in [0.25, 0.3) is 34.7 Å². The van der Waals surface area contributed by atoms with E-state index >= 15 is 0 Å². The van der Waals surface area contributed by atoms with Gasteiger partial charge in [0.1, 0.15) is 0 Å². The van der Waals surface area contributed by atoms with Crippen LogP contribution >= 0.6 is 24.8 Å². The second kappa shape index (κ2) is 9.99. The van der Waals surface area contributed by atoms with Crippen LogP contribution in [0.1, 0.15) is 29.5 Å². The van der Waals surface area contributed by atoms with E-state index in [9.17, 15) is 0 Å². The number of pyridine rings is 2. The molecule has 0 saturated carbocycles. The summed E-state index contributed by atoms with van der Waals surface area (Å²) in [6, 6.07) is 25.9. The summed E-state index contributed by atoms with van der Waals surface area (Å²) in [7, 11) is 0. The molecule has 6 heteroatoms. The minimum atomic E-state index is -3.39. The Labute approximate surface area is 228 Å². The van der Waals surface area contributed by atoms with Crippen molar-refractivity contribution in [3.05, 3.63) is 120 Å². The summed E-state index contributed by atoms with van der Waals surface area (Å²) < 4.78 is 6.29. The maximum atomic E-state index is 4.64. The molecule has 4 aromatic rings. The van der Waals surface area contributed by atoms with Crippen molar-refractivity contribution < 1.29 is 17.4 Å². The SMILES string of the molecule is Cl.Cl.[CH3][Zr]([CH3])(=[SiH2])([CH]1C=Cc2c(-c3ccccn3)cccc21)[CH]1C=Cc2c(-c3ccccn3)cccc21. The van der Waals surface area contributed by atoms with Gasteiger partial charge in [0, 0.05) is 0 Å². The van der Waals surface area contributed by atoms with Crippen molar-refractivity contribution in [1.29, 1.82) is 0 Å². The molecule has 0 fully saturated rings. The third-order valence-corrected chi connectivity index (χ3v) is 25.5. The molecule has 0 spiro atoms. The number of hydrogen-bond acceptors (Lipinski definition) is 2. The molecule has 0 aliphatic heterocycles.